The maximum absolute atomic E-state index is 13.6. The van der Waals surface area contributed by atoms with E-state index in [1.807, 2.05) is 0 Å². The Labute approximate surface area is 97.6 Å². The Hall–Kier alpha value is -1.91. The number of anilines is 1. The first kappa shape index (κ1) is 10.3. The van der Waals surface area contributed by atoms with Crippen molar-refractivity contribution in [2.45, 2.75) is 25.2 Å². The van der Waals surface area contributed by atoms with E-state index in [4.69, 9.17) is 10.3 Å². The lowest BCUT2D eigenvalue weighted by molar-refractivity contribution is 0.414. The second-order valence-corrected chi connectivity index (χ2v) is 4.69. The second-order valence-electron chi connectivity index (χ2n) is 4.69. The number of benzene rings is 1. The molecule has 0 amide bonds. The highest BCUT2D eigenvalue weighted by molar-refractivity contribution is 5.70. The van der Waals surface area contributed by atoms with Gasteiger partial charge in [0.05, 0.1) is 5.56 Å². The van der Waals surface area contributed by atoms with Gasteiger partial charge in [-0.15, -0.1) is 0 Å². The second kappa shape index (κ2) is 3.29. The van der Waals surface area contributed by atoms with Gasteiger partial charge >= 0.3 is 0 Å². The van der Waals surface area contributed by atoms with E-state index in [1.54, 1.807) is 12.1 Å². The fourth-order valence-corrected chi connectivity index (χ4v) is 1.75. The summed E-state index contributed by atoms with van der Waals surface area (Å²) in [5.41, 5.74) is 6.22. The lowest BCUT2D eigenvalue weighted by Gasteiger charge is -2.01. The van der Waals surface area contributed by atoms with Crippen molar-refractivity contribution in [3.63, 3.8) is 0 Å². The third kappa shape index (κ3) is 1.58. The van der Waals surface area contributed by atoms with Crippen LogP contribution in [0.25, 0.3) is 11.5 Å². The van der Waals surface area contributed by atoms with Crippen molar-refractivity contribution in [1.29, 1.82) is 0 Å². The van der Waals surface area contributed by atoms with Crippen LogP contribution in [0.15, 0.2) is 22.7 Å². The summed E-state index contributed by atoms with van der Waals surface area (Å²) >= 11 is 0. The molecular weight excluding hydrogens is 221 g/mol. The first-order valence-electron chi connectivity index (χ1n) is 5.49. The topological polar surface area (TPSA) is 64.9 Å². The maximum atomic E-state index is 13.6. The highest BCUT2D eigenvalue weighted by Gasteiger charge is 2.43. The van der Waals surface area contributed by atoms with Crippen LogP contribution < -0.4 is 5.73 Å². The average molecular weight is 233 g/mol. The van der Waals surface area contributed by atoms with Gasteiger partial charge in [-0.3, -0.25) is 0 Å². The zero-order valence-corrected chi connectivity index (χ0v) is 9.40. The van der Waals surface area contributed by atoms with Gasteiger partial charge in [0.15, 0.2) is 5.82 Å². The summed E-state index contributed by atoms with van der Waals surface area (Å²) in [6, 6.07) is 4.49. The normalized spacial score (nSPS) is 17.1. The van der Waals surface area contributed by atoms with Crippen molar-refractivity contribution in [3.05, 3.63) is 29.8 Å². The summed E-state index contributed by atoms with van der Waals surface area (Å²) in [6.07, 6.45) is 2.08. The predicted molar refractivity (Wildman–Crippen MR) is 60.7 cm³/mol. The highest BCUT2D eigenvalue weighted by atomic mass is 19.1. The molecule has 17 heavy (non-hydrogen) atoms. The van der Waals surface area contributed by atoms with Crippen LogP contribution in [0.4, 0.5) is 10.1 Å². The van der Waals surface area contributed by atoms with Gasteiger partial charge in [0.1, 0.15) is 5.82 Å². The first-order valence-corrected chi connectivity index (χ1v) is 5.49. The zero-order chi connectivity index (χ0) is 12.0. The molecule has 1 aliphatic rings. The summed E-state index contributed by atoms with van der Waals surface area (Å²) in [6.45, 7) is 2.06. The Morgan fingerprint density at radius 3 is 2.82 bits per heavy atom. The lowest BCUT2D eigenvalue weighted by Crippen LogP contribution is -2.02. The predicted octanol–water partition coefficient (Wildman–Crippen LogP) is 2.51. The third-order valence-electron chi connectivity index (χ3n) is 3.23. The fourth-order valence-electron chi connectivity index (χ4n) is 1.75. The summed E-state index contributed by atoms with van der Waals surface area (Å²) in [7, 11) is 0. The van der Waals surface area contributed by atoms with Gasteiger partial charge in [-0.05, 0) is 25.0 Å². The molecule has 5 heteroatoms. The number of aromatic nitrogens is 2. The average Bonchev–Trinajstić information content (AvgIpc) is 2.86. The number of nitrogens with zero attached hydrogens (tertiary/aromatic N) is 2. The van der Waals surface area contributed by atoms with Crippen molar-refractivity contribution in [2.24, 2.45) is 0 Å². The lowest BCUT2D eigenvalue weighted by atomic mass is 10.1. The quantitative estimate of drug-likeness (QED) is 0.809. The van der Waals surface area contributed by atoms with Gasteiger partial charge in [0.25, 0.3) is 5.89 Å². The molecule has 1 heterocycles. The smallest absolute Gasteiger partial charge is 0.263 e. The first-order chi connectivity index (χ1) is 8.10. The number of nitrogen functional groups attached to an aromatic ring is 1. The van der Waals surface area contributed by atoms with Crippen LogP contribution in [0.5, 0.6) is 0 Å². The largest absolute Gasteiger partial charge is 0.398 e. The zero-order valence-electron chi connectivity index (χ0n) is 9.40. The Kier molecular flexibility index (Phi) is 1.98. The Bertz CT molecular complexity index is 555. The summed E-state index contributed by atoms with van der Waals surface area (Å²) in [5, 5.41) is 3.90. The molecule has 0 radical (unpaired) electrons. The van der Waals surface area contributed by atoms with Crippen LogP contribution >= 0.6 is 0 Å². The van der Waals surface area contributed by atoms with Gasteiger partial charge < -0.3 is 10.3 Å². The summed E-state index contributed by atoms with van der Waals surface area (Å²) < 4.78 is 18.7. The van der Waals surface area contributed by atoms with Crippen LogP contribution in [0, 0.1) is 5.82 Å². The van der Waals surface area contributed by atoms with E-state index < -0.39 is 5.82 Å². The molecule has 1 saturated carbocycles. The molecule has 0 atom stereocenters. The van der Waals surface area contributed by atoms with Gasteiger partial charge in [-0.25, -0.2) is 4.39 Å². The maximum Gasteiger partial charge on any atom is 0.263 e. The highest BCUT2D eigenvalue weighted by Crippen LogP contribution is 2.46. The fraction of sp³-hybridized carbons (Fsp3) is 0.333. The molecule has 4 nitrogen and oxygen atoms in total. The van der Waals surface area contributed by atoms with E-state index in [0.717, 1.165) is 12.8 Å². The van der Waals surface area contributed by atoms with Crippen LogP contribution in [0.2, 0.25) is 0 Å². The van der Waals surface area contributed by atoms with Crippen LogP contribution in [-0.2, 0) is 5.41 Å². The number of hydrogen-bond donors (Lipinski definition) is 1. The molecule has 0 saturated heterocycles. The van der Waals surface area contributed by atoms with E-state index in [9.17, 15) is 4.39 Å². The Balaban J connectivity index is 2.07. The van der Waals surface area contributed by atoms with E-state index in [2.05, 4.69) is 17.1 Å². The minimum Gasteiger partial charge on any atom is -0.398 e. The summed E-state index contributed by atoms with van der Waals surface area (Å²) in [4.78, 5) is 4.24. The van der Waals surface area contributed by atoms with Crippen molar-refractivity contribution in [2.75, 3.05) is 5.73 Å². The SMILES string of the molecule is CC1(c2noc(-c3c(N)cccc3F)n2)CC1. The number of halogens is 1. The van der Waals surface area contributed by atoms with E-state index in [0.29, 0.717) is 11.5 Å². The molecule has 0 spiro atoms. The molecular formula is C12H12FN3O. The number of rotatable bonds is 2. The molecule has 1 aromatic carbocycles. The number of hydrogen-bond acceptors (Lipinski definition) is 4. The van der Waals surface area contributed by atoms with E-state index >= 15 is 0 Å². The van der Waals surface area contributed by atoms with Gasteiger partial charge in [-0.1, -0.05) is 18.1 Å². The number of nitrogens with two attached hydrogens (primary N) is 1. The standard InChI is InChI=1S/C12H12FN3O/c1-12(5-6-12)11-15-10(17-16-11)9-7(13)3-2-4-8(9)14/h2-4H,5-6,14H2,1H3. The van der Waals surface area contributed by atoms with Gasteiger partial charge in [-0.2, -0.15) is 4.98 Å². The van der Waals surface area contributed by atoms with Crippen molar-refractivity contribution in [1.82, 2.24) is 10.1 Å². The molecule has 1 fully saturated rings. The monoisotopic (exact) mass is 233 g/mol. The minimum atomic E-state index is -0.443. The van der Waals surface area contributed by atoms with Gasteiger partial charge in [0.2, 0.25) is 0 Å². The molecule has 2 N–H and O–H groups in total. The van der Waals surface area contributed by atoms with Crippen molar-refractivity contribution >= 4 is 5.69 Å². The Morgan fingerprint density at radius 2 is 2.18 bits per heavy atom. The molecule has 0 bridgehead atoms. The molecule has 2 aromatic rings. The summed E-state index contributed by atoms with van der Waals surface area (Å²) in [5.74, 6) is 0.347. The molecule has 0 aliphatic heterocycles. The molecule has 0 unspecified atom stereocenters. The van der Waals surface area contributed by atoms with E-state index in [-0.39, 0.29) is 16.9 Å². The van der Waals surface area contributed by atoms with Crippen molar-refractivity contribution < 1.29 is 8.91 Å². The van der Waals surface area contributed by atoms with Gasteiger partial charge in [0, 0.05) is 11.1 Å². The van der Waals surface area contributed by atoms with Crippen molar-refractivity contribution in [3.8, 4) is 11.5 Å². The molecule has 3 rings (SSSR count). The van der Waals surface area contributed by atoms with Crippen LogP contribution in [0.3, 0.4) is 0 Å². The van der Waals surface area contributed by atoms with E-state index in [1.165, 1.54) is 6.07 Å². The van der Waals surface area contributed by atoms with Crippen LogP contribution in [0.1, 0.15) is 25.6 Å². The molecule has 1 aliphatic carbocycles. The molecule has 88 valence electrons. The Morgan fingerprint density at radius 1 is 1.41 bits per heavy atom. The minimum absolute atomic E-state index is 0.00175. The van der Waals surface area contributed by atoms with Crippen LogP contribution in [-0.4, -0.2) is 10.1 Å². The molecule has 1 aromatic heterocycles. The third-order valence-corrected chi connectivity index (χ3v) is 3.23.